The van der Waals surface area contributed by atoms with Gasteiger partial charge in [-0.3, -0.25) is 0 Å². The Morgan fingerprint density at radius 3 is 2.80 bits per heavy atom. The second-order valence-electron chi connectivity index (χ2n) is 5.04. The number of benzene rings is 1. The zero-order valence-corrected chi connectivity index (χ0v) is 13.2. The first kappa shape index (κ1) is 14.9. The van der Waals surface area contributed by atoms with Crippen molar-refractivity contribution in [3.63, 3.8) is 0 Å². The summed E-state index contributed by atoms with van der Waals surface area (Å²) in [7, 11) is 7.95. The van der Waals surface area contributed by atoms with Gasteiger partial charge in [0.1, 0.15) is 6.29 Å². The number of aromatic nitrogens is 1. The van der Waals surface area contributed by atoms with Gasteiger partial charge in [-0.2, -0.15) is 0 Å². The zero-order chi connectivity index (χ0) is 14.7. The van der Waals surface area contributed by atoms with E-state index in [0.29, 0.717) is 0 Å². The highest BCUT2D eigenvalue weighted by molar-refractivity contribution is 7.99. The molecule has 0 bridgehead atoms. The lowest BCUT2D eigenvalue weighted by atomic mass is 10.2. The minimum absolute atomic E-state index is 0.112. The second kappa shape index (κ2) is 6.33. The van der Waals surface area contributed by atoms with Crippen LogP contribution in [-0.4, -0.2) is 43.8 Å². The molecule has 0 spiro atoms. The Bertz CT molecular complexity index is 606. The highest BCUT2D eigenvalue weighted by Gasteiger charge is 2.12. The molecule has 108 valence electrons. The number of carbonyl (C=O) groups is 1. The summed E-state index contributed by atoms with van der Waals surface area (Å²) in [6.45, 7) is 0. The van der Waals surface area contributed by atoms with Crippen LogP contribution in [0.25, 0.3) is 10.9 Å². The lowest BCUT2D eigenvalue weighted by molar-refractivity contribution is -0.109. The van der Waals surface area contributed by atoms with E-state index in [-0.39, 0.29) is 6.04 Å². The van der Waals surface area contributed by atoms with Gasteiger partial charge in [-0.15, -0.1) is 11.8 Å². The fourth-order valence-corrected chi connectivity index (χ4v) is 3.31. The molecule has 5 heteroatoms. The van der Waals surface area contributed by atoms with Gasteiger partial charge in [0.25, 0.3) is 0 Å². The Hall–Kier alpha value is -1.46. The summed E-state index contributed by atoms with van der Waals surface area (Å²) in [5, 5.41) is 4.24. The van der Waals surface area contributed by atoms with Crippen molar-refractivity contribution < 1.29 is 4.79 Å². The number of likely N-dealkylation sites (N-methyl/N-ethyl adjacent to an activating group) is 1. The van der Waals surface area contributed by atoms with Crippen molar-refractivity contribution in [2.45, 2.75) is 10.9 Å². The molecule has 2 aromatic rings. The van der Waals surface area contributed by atoms with E-state index in [1.807, 2.05) is 28.2 Å². The van der Waals surface area contributed by atoms with Gasteiger partial charge >= 0.3 is 0 Å². The van der Waals surface area contributed by atoms with Crippen LogP contribution < -0.4 is 10.2 Å². The third-order valence-corrected chi connectivity index (χ3v) is 4.56. The molecule has 1 aromatic carbocycles. The normalized spacial score (nSPS) is 12.6. The fourth-order valence-electron chi connectivity index (χ4n) is 2.12. The molecule has 0 saturated heterocycles. The highest BCUT2D eigenvalue weighted by atomic mass is 32.2. The van der Waals surface area contributed by atoms with E-state index < -0.39 is 0 Å². The fraction of sp³-hybridized carbons (Fsp3) is 0.400. The van der Waals surface area contributed by atoms with E-state index in [2.05, 4.69) is 39.2 Å². The maximum Gasteiger partial charge on any atom is 0.137 e. The van der Waals surface area contributed by atoms with Crippen molar-refractivity contribution in [3.8, 4) is 0 Å². The Balaban J connectivity index is 2.35. The molecule has 1 aromatic heterocycles. The van der Waals surface area contributed by atoms with Crippen molar-refractivity contribution in [1.82, 2.24) is 9.88 Å². The van der Waals surface area contributed by atoms with Crippen molar-refractivity contribution in [2.24, 2.45) is 7.05 Å². The molecular weight excluding hydrogens is 270 g/mol. The van der Waals surface area contributed by atoms with Crippen molar-refractivity contribution >= 4 is 34.6 Å². The average molecular weight is 291 g/mol. The first-order valence-corrected chi connectivity index (χ1v) is 7.57. The predicted octanol–water partition coefficient (Wildman–Crippen LogP) is 2.12. The predicted molar refractivity (Wildman–Crippen MR) is 86.9 cm³/mol. The number of nitrogens with one attached hydrogen (secondary N) is 1. The number of fused-ring (bicyclic) bond motifs is 1. The Morgan fingerprint density at radius 2 is 2.20 bits per heavy atom. The van der Waals surface area contributed by atoms with Crippen molar-refractivity contribution in [1.29, 1.82) is 0 Å². The van der Waals surface area contributed by atoms with E-state index in [9.17, 15) is 4.79 Å². The number of hydrogen-bond acceptors (Lipinski definition) is 4. The molecule has 2 rings (SSSR count). The van der Waals surface area contributed by atoms with Gasteiger partial charge in [-0.05, 0) is 25.2 Å². The van der Waals surface area contributed by atoms with Crippen LogP contribution >= 0.6 is 11.8 Å². The van der Waals surface area contributed by atoms with Crippen LogP contribution in [0.4, 0.5) is 5.69 Å². The number of nitrogens with zero attached hydrogens (tertiary/aromatic N) is 2. The Kier molecular flexibility index (Phi) is 4.73. The molecule has 1 N–H and O–H groups in total. The van der Waals surface area contributed by atoms with Crippen LogP contribution in [0.3, 0.4) is 0 Å². The third kappa shape index (κ3) is 2.99. The highest BCUT2D eigenvalue weighted by Crippen LogP contribution is 2.34. The van der Waals surface area contributed by atoms with E-state index in [1.54, 1.807) is 11.8 Å². The maximum absolute atomic E-state index is 10.9. The molecule has 0 saturated carbocycles. The van der Waals surface area contributed by atoms with Gasteiger partial charge in [0.15, 0.2) is 0 Å². The van der Waals surface area contributed by atoms with Crippen LogP contribution in [0.1, 0.15) is 0 Å². The summed E-state index contributed by atoms with van der Waals surface area (Å²) in [5.41, 5.74) is 2.40. The number of hydrogen-bond donors (Lipinski definition) is 1. The standard InChI is InChI=1S/C15H21N3OS/c1-16-12(9-19)10-20-15-8-13-11(5-6-18(13)4)7-14(15)17(2)3/h5-9,12,16H,10H2,1-4H3/t12-/m1/s1. The van der Waals surface area contributed by atoms with Crippen LogP contribution in [0, 0.1) is 0 Å². The van der Waals surface area contributed by atoms with Gasteiger partial charge in [-0.25, -0.2) is 0 Å². The molecule has 1 heterocycles. The lowest BCUT2D eigenvalue weighted by Gasteiger charge is -2.19. The van der Waals surface area contributed by atoms with Crippen molar-refractivity contribution in [2.75, 3.05) is 31.8 Å². The molecule has 0 fully saturated rings. The molecule has 20 heavy (non-hydrogen) atoms. The number of aryl methyl sites for hydroxylation is 1. The van der Waals surface area contributed by atoms with E-state index in [4.69, 9.17) is 0 Å². The lowest BCUT2D eigenvalue weighted by Crippen LogP contribution is -2.29. The average Bonchev–Trinajstić information content (AvgIpc) is 2.80. The Labute approximate surface area is 124 Å². The molecule has 4 nitrogen and oxygen atoms in total. The van der Waals surface area contributed by atoms with Crippen LogP contribution in [0.5, 0.6) is 0 Å². The number of thioether (sulfide) groups is 1. The molecule has 0 amide bonds. The summed E-state index contributed by atoms with van der Waals surface area (Å²) in [6, 6.07) is 6.41. The van der Waals surface area contributed by atoms with Gasteiger partial charge in [-0.1, -0.05) is 0 Å². The largest absolute Gasteiger partial charge is 0.377 e. The van der Waals surface area contributed by atoms with Crippen LogP contribution in [-0.2, 0) is 11.8 Å². The van der Waals surface area contributed by atoms with E-state index >= 15 is 0 Å². The molecule has 1 atom stereocenters. The maximum atomic E-state index is 10.9. The molecule has 0 aliphatic heterocycles. The van der Waals surface area contributed by atoms with Gasteiger partial charge in [0, 0.05) is 48.9 Å². The number of rotatable bonds is 6. The monoisotopic (exact) mass is 291 g/mol. The summed E-state index contributed by atoms with van der Waals surface area (Å²) < 4.78 is 2.12. The molecule has 0 aliphatic rings. The Morgan fingerprint density at radius 1 is 1.45 bits per heavy atom. The summed E-state index contributed by atoms with van der Waals surface area (Å²) >= 11 is 1.71. The first-order valence-electron chi connectivity index (χ1n) is 6.58. The minimum atomic E-state index is -0.112. The second-order valence-corrected chi connectivity index (χ2v) is 6.10. The SMILES string of the molecule is CN[C@H](C=O)CSc1cc2c(ccn2C)cc1N(C)C. The third-order valence-electron chi connectivity index (χ3n) is 3.40. The van der Waals surface area contributed by atoms with Crippen LogP contribution in [0.2, 0.25) is 0 Å². The van der Waals surface area contributed by atoms with Gasteiger partial charge < -0.3 is 19.6 Å². The molecular formula is C15H21N3OS. The smallest absolute Gasteiger partial charge is 0.137 e. The number of carbonyl (C=O) groups excluding carboxylic acids is 1. The topological polar surface area (TPSA) is 37.3 Å². The summed E-state index contributed by atoms with van der Waals surface area (Å²) in [5.74, 6) is 0.733. The number of aldehydes is 1. The molecule has 0 unspecified atom stereocenters. The van der Waals surface area contributed by atoms with Crippen LogP contribution in [0.15, 0.2) is 29.3 Å². The van der Waals surface area contributed by atoms with E-state index in [0.717, 1.165) is 12.0 Å². The zero-order valence-electron chi connectivity index (χ0n) is 12.4. The van der Waals surface area contributed by atoms with Crippen molar-refractivity contribution in [3.05, 3.63) is 24.4 Å². The quantitative estimate of drug-likeness (QED) is 0.653. The van der Waals surface area contributed by atoms with E-state index in [1.165, 1.54) is 21.5 Å². The summed E-state index contributed by atoms with van der Waals surface area (Å²) in [6.07, 6.45) is 3.03. The number of anilines is 1. The first-order chi connectivity index (χ1) is 9.56. The van der Waals surface area contributed by atoms with Gasteiger partial charge in [0.05, 0.1) is 11.7 Å². The minimum Gasteiger partial charge on any atom is -0.377 e. The molecule has 0 radical (unpaired) electrons. The summed E-state index contributed by atoms with van der Waals surface area (Å²) in [4.78, 5) is 14.2. The molecule has 0 aliphatic carbocycles. The van der Waals surface area contributed by atoms with Gasteiger partial charge in [0.2, 0.25) is 0 Å².